The Hall–Kier alpha value is -3.61. The van der Waals surface area contributed by atoms with Crippen LogP contribution >= 0.6 is 0 Å². The lowest BCUT2D eigenvalue weighted by molar-refractivity contribution is -0.304. The van der Waals surface area contributed by atoms with Gasteiger partial charge in [0, 0.05) is 17.5 Å². The van der Waals surface area contributed by atoms with Gasteiger partial charge in [-0.15, -0.1) is 0 Å². The van der Waals surface area contributed by atoms with E-state index in [1.807, 2.05) is 30.3 Å². The molecule has 0 aliphatic heterocycles. The van der Waals surface area contributed by atoms with Gasteiger partial charge in [0.2, 0.25) is 0 Å². The molecule has 0 fully saturated rings. The van der Waals surface area contributed by atoms with Crippen LogP contribution in [-0.2, 0) is 9.59 Å². The summed E-state index contributed by atoms with van der Waals surface area (Å²) in [5, 5.41) is 13.3. The summed E-state index contributed by atoms with van der Waals surface area (Å²) in [6, 6.07) is 15.7. The van der Waals surface area contributed by atoms with E-state index < -0.39 is 30.2 Å². The van der Waals surface area contributed by atoms with E-state index in [1.54, 1.807) is 12.1 Å². The van der Waals surface area contributed by atoms with Crippen LogP contribution in [0.2, 0.25) is 0 Å². The predicted molar refractivity (Wildman–Crippen MR) is 96.0 cm³/mol. The van der Waals surface area contributed by atoms with Crippen molar-refractivity contribution in [3.05, 3.63) is 65.0 Å². The molecule has 0 aliphatic rings. The second-order valence-electron chi connectivity index (χ2n) is 5.85. The molecule has 0 aliphatic carbocycles. The van der Waals surface area contributed by atoms with Crippen molar-refractivity contribution in [3.8, 4) is 16.9 Å². The fourth-order valence-electron chi connectivity index (χ4n) is 2.63. The molecule has 0 unspecified atom stereocenters. The standard InChI is InChI=1S/C20H17NO6/c1-12(20(25)21-11-18(22)23)26-14-7-8-15-16(13-5-3-2-4-6-13)10-19(24)27-17(15)9-14/h2-10,12H,11H2,1H3,(H,21,25)(H,22,23)/p-1/t12-/m0/s1. The molecule has 1 heterocycles. The van der Waals surface area contributed by atoms with Crippen LogP contribution in [0.4, 0.5) is 0 Å². The number of rotatable bonds is 6. The van der Waals surface area contributed by atoms with Crippen molar-refractivity contribution in [3.63, 3.8) is 0 Å². The van der Waals surface area contributed by atoms with Crippen LogP contribution < -0.4 is 20.8 Å². The van der Waals surface area contributed by atoms with Crippen LogP contribution in [0, 0.1) is 0 Å². The third-order valence-electron chi connectivity index (χ3n) is 3.89. The Kier molecular flexibility index (Phi) is 5.21. The van der Waals surface area contributed by atoms with Crippen molar-refractivity contribution in [1.29, 1.82) is 0 Å². The van der Waals surface area contributed by atoms with Crippen molar-refractivity contribution in [2.45, 2.75) is 13.0 Å². The summed E-state index contributed by atoms with van der Waals surface area (Å²) in [4.78, 5) is 34.1. The second-order valence-corrected chi connectivity index (χ2v) is 5.85. The SMILES string of the molecule is C[C@H](Oc1ccc2c(-c3ccccc3)cc(=O)oc2c1)C(=O)NCC(=O)[O-]. The lowest BCUT2D eigenvalue weighted by atomic mass is 10.0. The average molecular weight is 366 g/mol. The maximum Gasteiger partial charge on any atom is 0.336 e. The molecule has 3 rings (SSSR count). The number of carbonyl (C=O) groups is 2. The van der Waals surface area contributed by atoms with Gasteiger partial charge >= 0.3 is 5.63 Å². The van der Waals surface area contributed by atoms with E-state index in [0.29, 0.717) is 11.3 Å². The van der Waals surface area contributed by atoms with Crippen LogP contribution in [0.15, 0.2) is 63.8 Å². The molecule has 27 heavy (non-hydrogen) atoms. The number of carbonyl (C=O) groups excluding carboxylic acids is 2. The first kappa shape index (κ1) is 18.2. The summed E-state index contributed by atoms with van der Waals surface area (Å²) in [7, 11) is 0. The van der Waals surface area contributed by atoms with E-state index >= 15 is 0 Å². The van der Waals surface area contributed by atoms with E-state index in [9.17, 15) is 19.5 Å². The Balaban J connectivity index is 1.89. The highest BCUT2D eigenvalue weighted by molar-refractivity contribution is 5.93. The zero-order chi connectivity index (χ0) is 19.4. The van der Waals surface area contributed by atoms with E-state index in [0.717, 1.165) is 16.5 Å². The van der Waals surface area contributed by atoms with Crippen LogP contribution in [0.25, 0.3) is 22.1 Å². The first-order valence-corrected chi connectivity index (χ1v) is 8.21. The number of carboxylic acid groups (broad SMARTS) is 1. The molecule has 1 N–H and O–H groups in total. The van der Waals surface area contributed by atoms with Crippen LogP contribution in [0.3, 0.4) is 0 Å². The summed E-state index contributed by atoms with van der Waals surface area (Å²) in [5.74, 6) is -1.68. The van der Waals surface area contributed by atoms with Gasteiger partial charge in [-0.1, -0.05) is 30.3 Å². The topological polar surface area (TPSA) is 109 Å². The van der Waals surface area contributed by atoms with Gasteiger partial charge in [0.25, 0.3) is 5.91 Å². The van der Waals surface area contributed by atoms with Crippen molar-refractivity contribution in [2.24, 2.45) is 0 Å². The molecule has 0 bridgehead atoms. The molecule has 0 saturated carbocycles. The number of amides is 1. The molecule has 7 heteroatoms. The first-order chi connectivity index (χ1) is 12.9. The average Bonchev–Trinajstić information content (AvgIpc) is 2.65. The summed E-state index contributed by atoms with van der Waals surface area (Å²) in [6.07, 6.45) is -0.939. The number of aliphatic carboxylic acids is 1. The Morgan fingerprint density at radius 1 is 1.15 bits per heavy atom. The third-order valence-corrected chi connectivity index (χ3v) is 3.89. The molecule has 3 aromatic rings. The minimum atomic E-state index is -1.39. The molecule has 1 aromatic heterocycles. The van der Waals surface area contributed by atoms with Gasteiger partial charge in [-0.25, -0.2) is 4.79 Å². The highest BCUT2D eigenvalue weighted by Crippen LogP contribution is 2.29. The van der Waals surface area contributed by atoms with Crippen LogP contribution in [0.5, 0.6) is 5.75 Å². The molecule has 138 valence electrons. The number of hydrogen-bond acceptors (Lipinski definition) is 6. The molecule has 2 aromatic carbocycles. The van der Waals surface area contributed by atoms with Crippen LogP contribution in [0.1, 0.15) is 6.92 Å². The monoisotopic (exact) mass is 366 g/mol. The van der Waals surface area contributed by atoms with E-state index in [2.05, 4.69) is 5.32 Å². The van der Waals surface area contributed by atoms with Crippen molar-refractivity contribution >= 4 is 22.8 Å². The summed E-state index contributed by atoms with van der Waals surface area (Å²) >= 11 is 0. The predicted octanol–water partition coefficient (Wildman–Crippen LogP) is 1.09. The fourth-order valence-corrected chi connectivity index (χ4v) is 2.63. The van der Waals surface area contributed by atoms with Crippen molar-refractivity contribution < 1.29 is 23.8 Å². The maximum absolute atomic E-state index is 11.9. The van der Waals surface area contributed by atoms with E-state index in [1.165, 1.54) is 19.1 Å². The molecule has 1 amide bonds. The zero-order valence-electron chi connectivity index (χ0n) is 14.4. The highest BCUT2D eigenvalue weighted by Gasteiger charge is 2.15. The van der Waals surface area contributed by atoms with Gasteiger partial charge < -0.3 is 24.4 Å². The molecular formula is C20H16NO6-. The Morgan fingerprint density at radius 2 is 1.89 bits per heavy atom. The zero-order valence-corrected chi connectivity index (χ0v) is 14.4. The molecule has 0 radical (unpaired) electrons. The molecule has 7 nitrogen and oxygen atoms in total. The fraction of sp³-hybridized carbons (Fsp3) is 0.150. The third kappa shape index (κ3) is 4.33. The van der Waals surface area contributed by atoms with Crippen molar-refractivity contribution in [2.75, 3.05) is 6.54 Å². The quantitative estimate of drug-likeness (QED) is 0.654. The van der Waals surface area contributed by atoms with Gasteiger partial charge in [-0.2, -0.15) is 0 Å². The summed E-state index contributed by atoms with van der Waals surface area (Å²) in [5.41, 5.74) is 1.42. The number of benzene rings is 2. The lowest BCUT2D eigenvalue weighted by Gasteiger charge is -2.15. The Morgan fingerprint density at radius 3 is 2.59 bits per heavy atom. The van der Waals surface area contributed by atoms with Gasteiger partial charge in [0.05, 0.1) is 12.5 Å². The number of ether oxygens (including phenoxy) is 1. The molecular weight excluding hydrogens is 350 g/mol. The molecule has 0 spiro atoms. The van der Waals surface area contributed by atoms with Gasteiger partial charge in [-0.05, 0) is 30.2 Å². The minimum absolute atomic E-state index is 0.312. The smallest absolute Gasteiger partial charge is 0.336 e. The highest BCUT2D eigenvalue weighted by atomic mass is 16.5. The number of nitrogens with one attached hydrogen (secondary N) is 1. The maximum atomic E-state index is 11.9. The summed E-state index contributed by atoms with van der Waals surface area (Å²) < 4.78 is 10.8. The van der Waals surface area contributed by atoms with E-state index in [4.69, 9.17) is 9.15 Å². The van der Waals surface area contributed by atoms with Gasteiger partial charge in [0.15, 0.2) is 6.10 Å². The lowest BCUT2D eigenvalue weighted by Crippen LogP contribution is -2.43. The first-order valence-electron chi connectivity index (χ1n) is 8.21. The number of fused-ring (bicyclic) bond motifs is 1. The summed E-state index contributed by atoms with van der Waals surface area (Å²) in [6.45, 7) is 0.880. The Bertz CT molecular complexity index is 1040. The largest absolute Gasteiger partial charge is 0.548 e. The van der Waals surface area contributed by atoms with Gasteiger partial charge in [-0.3, -0.25) is 4.79 Å². The number of hydrogen-bond donors (Lipinski definition) is 1. The van der Waals surface area contributed by atoms with Crippen LogP contribution in [-0.4, -0.2) is 24.5 Å². The second kappa shape index (κ2) is 7.74. The Labute approximate surface area is 154 Å². The molecule has 0 saturated heterocycles. The molecule has 1 atom stereocenters. The van der Waals surface area contributed by atoms with E-state index in [-0.39, 0.29) is 0 Å². The number of carboxylic acids is 1. The minimum Gasteiger partial charge on any atom is -0.548 e. The van der Waals surface area contributed by atoms with Gasteiger partial charge in [0.1, 0.15) is 11.3 Å². The van der Waals surface area contributed by atoms with Crippen molar-refractivity contribution in [1.82, 2.24) is 5.32 Å². The normalized spacial score (nSPS) is 11.7.